The molecule has 1 saturated heterocycles. The second-order valence-electron chi connectivity index (χ2n) is 6.05. The van der Waals surface area contributed by atoms with Crippen molar-refractivity contribution in [2.45, 2.75) is 64.4 Å². The van der Waals surface area contributed by atoms with Gasteiger partial charge in [-0.2, -0.15) is 0 Å². The van der Waals surface area contributed by atoms with E-state index in [1.165, 1.54) is 6.42 Å². The van der Waals surface area contributed by atoms with Crippen LogP contribution in [0, 0.1) is 0 Å². The third-order valence-electron chi connectivity index (χ3n) is 3.58. The van der Waals surface area contributed by atoms with Crippen molar-refractivity contribution >= 4 is 8.32 Å². The van der Waals surface area contributed by atoms with Crippen LogP contribution >= 0.6 is 0 Å². The van der Waals surface area contributed by atoms with Crippen LogP contribution in [0.15, 0.2) is 0 Å². The van der Waals surface area contributed by atoms with Gasteiger partial charge >= 0.3 is 0 Å². The molecular weight excluding hydrogens is 190 g/mol. The van der Waals surface area contributed by atoms with Crippen LogP contribution < -0.4 is 5.32 Å². The van der Waals surface area contributed by atoms with Gasteiger partial charge in [-0.15, -0.1) is 0 Å². The molecule has 0 saturated carbocycles. The summed E-state index contributed by atoms with van der Waals surface area (Å²) in [4.78, 5) is 0. The Morgan fingerprint density at radius 2 is 1.86 bits per heavy atom. The van der Waals surface area contributed by atoms with Crippen molar-refractivity contribution in [2.75, 3.05) is 6.54 Å². The van der Waals surface area contributed by atoms with Gasteiger partial charge in [0.05, 0.1) is 6.10 Å². The monoisotopic (exact) mass is 215 g/mol. The molecular formula is C11H25NOSi. The normalized spacial score (nSPS) is 29.6. The summed E-state index contributed by atoms with van der Waals surface area (Å²) < 4.78 is 6.31. The van der Waals surface area contributed by atoms with Crippen LogP contribution in [0.3, 0.4) is 0 Å². The molecule has 1 unspecified atom stereocenters. The van der Waals surface area contributed by atoms with Crippen LogP contribution in [0.5, 0.6) is 0 Å². The number of rotatable bonds is 2. The van der Waals surface area contributed by atoms with Gasteiger partial charge < -0.3 is 9.74 Å². The molecule has 14 heavy (non-hydrogen) atoms. The second-order valence-corrected chi connectivity index (χ2v) is 10.8. The van der Waals surface area contributed by atoms with E-state index in [-0.39, 0.29) is 0 Å². The maximum Gasteiger partial charge on any atom is 0.192 e. The van der Waals surface area contributed by atoms with Gasteiger partial charge in [0.15, 0.2) is 8.32 Å². The molecule has 1 aliphatic rings. The fourth-order valence-electron chi connectivity index (χ4n) is 1.58. The summed E-state index contributed by atoms with van der Waals surface area (Å²) in [6.45, 7) is 14.8. The first-order chi connectivity index (χ1) is 6.22. The minimum Gasteiger partial charge on any atom is -0.413 e. The van der Waals surface area contributed by atoms with E-state index in [4.69, 9.17) is 4.43 Å². The van der Waals surface area contributed by atoms with Crippen LogP contribution in [0.2, 0.25) is 18.1 Å². The SMILES string of the molecule is C[C@H]1CC(O[Si](C)(C)C(C)(C)C)CN1. The molecule has 1 rings (SSSR count). The van der Waals surface area contributed by atoms with Crippen molar-refractivity contribution < 1.29 is 4.43 Å². The van der Waals surface area contributed by atoms with Gasteiger partial charge in [-0.3, -0.25) is 0 Å². The maximum atomic E-state index is 6.31. The molecule has 0 spiro atoms. The highest BCUT2D eigenvalue weighted by Gasteiger charge is 2.40. The highest BCUT2D eigenvalue weighted by atomic mass is 28.4. The third-order valence-corrected chi connectivity index (χ3v) is 8.11. The van der Waals surface area contributed by atoms with Crippen molar-refractivity contribution in [3.8, 4) is 0 Å². The van der Waals surface area contributed by atoms with E-state index in [1.54, 1.807) is 0 Å². The first-order valence-electron chi connectivity index (χ1n) is 5.63. The minimum atomic E-state index is -1.54. The highest BCUT2D eigenvalue weighted by Crippen LogP contribution is 2.38. The fourth-order valence-corrected chi connectivity index (χ4v) is 2.94. The predicted molar refractivity (Wildman–Crippen MR) is 64.2 cm³/mol. The molecule has 0 amide bonds. The Balaban J connectivity index is 2.51. The molecule has 1 N–H and O–H groups in total. The quantitative estimate of drug-likeness (QED) is 0.715. The Morgan fingerprint density at radius 1 is 1.29 bits per heavy atom. The molecule has 1 fully saturated rings. The van der Waals surface area contributed by atoms with E-state index in [0.717, 1.165) is 6.54 Å². The lowest BCUT2D eigenvalue weighted by Crippen LogP contribution is -2.44. The molecule has 0 aliphatic carbocycles. The lowest BCUT2D eigenvalue weighted by molar-refractivity contribution is 0.198. The van der Waals surface area contributed by atoms with Crippen molar-refractivity contribution in [3.05, 3.63) is 0 Å². The van der Waals surface area contributed by atoms with E-state index in [2.05, 4.69) is 46.1 Å². The largest absolute Gasteiger partial charge is 0.413 e. The number of hydrogen-bond donors (Lipinski definition) is 1. The average Bonchev–Trinajstić information content (AvgIpc) is 2.31. The van der Waals surface area contributed by atoms with Crippen molar-refractivity contribution in [3.63, 3.8) is 0 Å². The minimum absolute atomic E-state index is 0.332. The zero-order chi connectivity index (χ0) is 11.0. The lowest BCUT2D eigenvalue weighted by Gasteiger charge is -2.38. The van der Waals surface area contributed by atoms with E-state index in [9.17, 15) is 0 Å². The van der Waals surface area contributed by atoms with E-state index < -0.39 is 8.32 Å². The summed E-state index contributed by atoms with van der Waals surface area (Å²) >= 11 is 0. The number of hydrogen-bond acceptors (Lipinski definition) is 2. The summed E-state index contributed by atoms with van der Waals surface area (Å²) in [6, 6.07) is 0.629. The number of nitrogens with one attached hydrogen (secondary N) is 1. The maximum absolute atomic E-state index is 6.31. The van der Waals surface area contributed by atoms with Crippen LogP contribution in [-0.2, 0) is 4.43 Å². The molecule has 0 aromatic rings. The van der Waals surface area contributed by atoms with Gasteiger partial charge in [0.2, 0.25) is 0 Å². The molecule has 84 valence electrons. The van der Waals surface area contributed by atoms with Gasteiger partial charge in [0.25, 0.3) is 0 Å². The summed E-state index contributed by atoms with van der Waals surface area (Å²) in [5.74, 6) is 0. The van der Waals surface area contributed by atoms with Gasteiger partial charge in [0, 0.05) is 12.6 Å². The van der Waals surface area contributed by atoms with E-state index in [0.29, 0.717) is 17.2 Å². The summed E-state index contributed by atoms with van der Waals surface area (Å²) in [6.07, 6.45) is 1.62. The molecule has 1 aliphatic heterocycles. The topological polar surface area (TPSA) is 21.3 Å². The van der Waals surface area contributed by atoms with E-state index >= 15 is 0 Å². The van der Waals surface area contributed by atoms with Gasteiger partial charge in [-0.25, -0.2) is 0 Å². The molecule has 1 heterocycles. The van der Waals surface area contributed by atoms with Crippen molar-refractivity contribution in [1.29, 1.82) is 0 Å². The Hall–Kier alpha value is 0.137. The van der Waals surface area contributed by atoms with Crippen molar-refractivity contribution in [1.82, 2.24) is 5.32 Å². The zero-order valence-corrected chi connectivity index (χ0v) is 11.5. The predicted octanol–water partition coefficient (Wildman–Crippen LogP) is 2.76. The Labute approximate surface area is 89.6 Å². The van der Waals surface area contributed by atoms with Crippen LogP contribution in [-0.4, -0.2) is 27.0 Å². The third kappa shape index (κ3) is 2.81. The molecule has 0 bridgehead atoms. The second kappa shape index (κ2) is 3.95. The molecule has 0 aromatic heterocycles. The molecule has 2 nitrogen and oxygen atoms in total. The fraction of sp³-hybridized carbons (Fsp3) is 1.00. The highest BCUT2D eigenvalue weighted by molar-refractivity contribution is 6.74. The van der Waals surface area contributed by atoms with E-state index in [1.807, 2.05) is 0 Å². The van der Waals surface area contributed by atoms with Crippen LogP contribution in [0.25, 0.3) is 0 Å². The summed E-state index contributed by atoms with van der Waals surface area (Å²) in [7, 11) is -1.54. The Morgan fingerprint density at radius 3 is 2.21 bits per heavy atom. The smallest absolute Gasteiger partial charge is 0.192 e. The average molecular weight is 215 g/mol. The van der Waals surface area contributed by atoms with Crippen molar-refractivity contribution in [2.24, 2.45) is 0 Å². The van der Waals surface area contributed by atoms with Gasteiger partial charge in [-0.05, 0) is 31.5 Å². The first kappa shape index (κ1) is 12.2. The molecule has 2 atom stereocenters. The summed E-state index contributed by atoms with van der Waals surface area (Å²) in [5, 5.41) is 3.77. The summed E-state index contributed by atoms with van der Waals surface area (Å²) in [5.41, 5.74) is 0. The van der Waals surface area contributed by atoms with Crippen LogP contribution in [0.1, 0.15) is 34.1 Å². The van der Waals surface area contributed by atoms with Gasteiger partial charge in [0.1, 0.15) is 0 Å². The molecule has 0 radical (unpaired) electrons. The first-order valence-corrected chi connectivity index (χ1v) is 8.54. The molecule has 3 heteroatoms. The molecule has 0 aromatic carbocycles. The zero-order valence-electron chi connectivity index (χ0n) is 10.5. The van der Waals surface area contributed by atoms with Crippen LogP contribution in [0.4, 0.5) is 0 Å². The standard InChI is InChI=1S/C11H25NOSi/c1-9-7-10(8-12-9)13-14(5,6)11(2,3)4/h9-10,12H,7-8H2,1-6H3/t9-,10?/m0/s1. The lowest BCUT2D eigenvalue weighted by atomic mass is 10.2. The Bertz CT molecular complexity index is 198. The van der Waals surface area contributed by atoms with Gasteiger partial charge in [-0.1, -0.05) is 20.8 Å². The Kier molecular flexibility index (Phi) is 3.44.